The number of nitro groups is 1. The van der Waals surface area contributed by atoms with E-state index in [-0.39, 0.29) is 23.4 Å². The molecule has 31 heavy (non-hydrogen) atoms. The van der Waals surface area contributed by atoms with Gasteiger partial charge in [-0.1, -0.05) is 11.3 Å². The standard InChI is InChI=1S/C21H17N3O6S/c1-3-29-20(26)17-12(2)22-21-23(18(17)15-5-4-10-30-15)19(25)16(31-21)11-13-6-8-14(9-7-13)24(27)28/h4-11,18H,3H2,1-2H3/b16-11-. The number of esters is 1. The number of hydrogen-bond acceptors (Lipinski definition) is 8. The van der Waals surface area contributed by atoms with Crippen LogP contribution >= 0.6 is 11.3 Å². The highest BCUT2D eigenvalue weighted by Gasteiger charge is 2.34. The van der Waals surface area contributed by atoms with Gasteiger partial charge in [-0.2, -0.15) is 0 Å². The minimum Gasteiger partial charge on any atom is -0.467 e. The fourth-order valence-corrected chi connectivity index (χ4v) is 4.40. The highest BCUT2D eigenvalue weighted by molar-refractivity contribution is 7.07. The van der Waals surface area contributed by atoms with Crippen LogP contribution in [0.3, 0.4) is 0 Å². The van der Waals surface area contributed by atoms with Gasteiger partial charge in [-0.15, -0.1) is 0 Å². The van der Waals surface area contributed by atoms with Gasteiger partial charge in [-0.3, -0.25) is 19.5 Å². The normalized spacial score (nSPS) is 16.1. The fourth-order valence-electron chi connectivity index (χ4n) is 3.35. The maximum atomic E-state index is 13.3. The monoisotopic (exact) mass is 439 g/mol. The molecule has 0 saturated heterocycles. The second kappa shape index (κ2) is 8.15. The highest BCUT2D eigenvalue weighted by atomic mass is 32.1. The zero-order valence-electron chi connectivity index (χ0n) is 16.6. The van der Waals surface area contributed by atoms with Crippen molar-refractivity contribution >= 4 is 29.1 Å². The minimum absolute atomic E-state index is 0.0360. The van der Waals surface area contributed by atoms with E-state index in [0.29, 0.717) is 26.4 Å². The molecule has 0 saturated carbocycles. The van der Waals surface area contributed by atoms with Crippen LogP contribution in [0.15, 0.2) is 68.1 Å². The molecule has 0 spiro atoms. The van der Waals surface area contributed by atoms with Crippen LogP contribution in [0.1, 0.15) is 31.2 Å². The molecular formula is C21H17N3O6S. The van der Waals surface area contributed by atoms with Gasteiger partial charge >= 0.3 is 5.97 Å². The maximum Gasteiger partial charge on any atom is 0.338 e. The maximum absolute atomic E-state index is 13.3. The number of carbonyl (C=O) groups excluding carboxylic acids is 1. The van der Waals surface area contributed by atoms with Gasteiger partial charge in [0, 0.05) is 12.1 Å². The number of aromatic nitrogens is 1. The Labute approximate surface area is 179 Å². The topological polar surface area (TPSA) is 117 Å². The first-order chi connectivity index (χ1) is 14.9. The van der Waals surface area contributed by atoms with Crippen molar-refractivity contribution in [3.8, 4) is 0 Å². The van der Waals surface area contributed by atoms with Crippen LogP contribution in [0, 0.1) is 10.1 Å². The van der Waals surface area contributed by atoms with Crippen LogP contribution in [0.2, 0.25) is 0 Å². The Morgan fingerprint density at radius 2 is 2.10 bits per heavy atom. The molecule has 0 N–H and O–H groups in total. The number of rotatable bonds is 5. The second-order valence-corrected chi connectivity index (χ2v) is 7.68. The molecule has 0 amide bonds. The summed E-state index contributed by atoms with van der Waals surface area (Å²) in [6, 6.07) is 8.45. The van der Waals surface area contributed by atoms with E-state index in [2.05, 4.69) is 4.99 Å². The second-order valence-electron chi connectivity index (χ2n) is 6.67. The van der Waals surface area contributed by atoms with Crippen molar-refractivity contribution < 1.29 is 18.9 Å². The summed E-state index contributed by atoms with van der Waals surface area (Å²) in [5.41, 5.74) is 0.935. The van der Waals surface area contributed by atoms with Crippen LogP contribution in [-0.4, -0.2) is 22.1 Å². The molecule has 2 aromatic heterocycles. The van der Waals surface area contributed by atoms with E-state index in [4.69, 9.17) is 9.15 Å². The Bertz CT molecular complexity index is 1360. The number of fused-ring (bicyclic) bond motifs is 1. The summed E-state index contributed by atoms with van der Waals surface area (Å²) in [4.78, 5) is 41.2. The Morgan fingerprint density at radius 3 is 2.71 bits per heavy atom. The van der Waals surface area contributed by atoms with Crippen LogP contribution in [0.25, 0.3) is 6.08 Å². The summed E-state index contributed by atoms with van der Waals surface area (Å²) in [6.45, 7) is 3.58. The van der Waals surface area contributed by atoms with Gasteiger partial charge in [0.25, 0.3) is 11.2 Å². The van der Waals surface area contributed by atoms with Crippen molar-refractivity contribution in [2.24, 2.45) is 4.99 Å². The highest BCUT2D eigenvalue weighted by Crippen LogP contribution is 2.30. The molecule has 0 bridgehead atoms. The molecule has 1 atom stereocenters. The van der Waals surface area contributed by atoms with Crippen LogP contribution in [0.5, 0.6) is 0 Å². The Kier molecular flexibility index (Phi) is 5.38. The lowest BCUT2D eigenvalue weighted by Gasteiger charge is -2.22. The van der Waals surface area contributed by atoms with E-state index >= 15 is 0 Å². The van der Waals surface area contributed by atoms with Crippen LogP contribution in [0.4, 0.5) is 5.69 Å². The van der Waals surface area contributed by atoms with Crippen molar-refractivity contribution in [1.29, 1.82) is 0 Å². The Morgan fingerprint density at radius 1 is 1.35 bits per heavy atom. The van der Waals surface area contributed by atoms with Gasteiger partial charge in [0.15, 0.2) is 4.80 Å². The zero-order chi connectivity index (χ0) is 22.1. The average Bonchev–Trinajstić information content (AvgIpc) is 3.36. The third-order valence-electron chi connectivity index (χ3n) is 4.73. The first kappa shape index (κ1) is 20.5. The number of benzene rings is 1. The first-order valence-corrected chi connectivity index (χ1v) is 10.2. The predicted octanol–water partition coefficient (Wildman–Crippen LogP) is 2.30. The fraction of sp³-hybridized carbons (Fsp3) is 0.190. The van der Waals surface area contributed by atoms with E-state index in [1.807, 2.05) is 0 Å². The van der Waals surface area contributed by atoms with E-state index in [1.165, 1.54) is 34.3 Å². The van der Waals surface area contributed by atoms with E-state index < -0.39 is 16.9 Å². The molecule has 0 aliphatic carbocycles. The van der Waals surface area contributed by atoms with Gasteiger partial charge in [-0.05, 0) is 49.8 Å². The number of nitrogens with zero attached hydrogens (tertiary/aromatic N) is 3. The van der Waals surface area contributed by atoms with Crippen molar-refractivity contribution in [2.45, 2.75) is 19.9 Å². The van der Waals surface area contributed by atoms with Gasteiger partial charge in [0.05, 0.1) is 33.6 Å². The molecule has 1 unspecified atom stereocenters. The Balaban J connectivity index is 1.88. The van der Waals surface area contributed by atoms with Crippen molar-refractivity contribution in [3.63, 3.8) is 0 Å². The molecule has 1 aromatic carbocycles. The zero-order valence-corrected chi connectivity index (χ0v) is 17.4. The lowest BCUT2D eigenvalue weighted by Crippen LogP contribution is -2.39. The molecule has 3 heterocycles. The minimum atomic E-state index is -0.802. The van der Waals surface area contributed by atoms with Gasteiger partial charge in [0.1, 0.15) is 11.8 Å². The summed E-state index contributed by atoms with van der Waals surface area (Å²) in [5, 5.41) is 10.8. The number of ether oxygens (including phenoxy) is 1. The number of furan rings is 1. The van der Waals surface area contributed by atoms with Gasteiger partial charge < -0.3 is 9.15 Å². The molecule has 4 rings (SSSR count). The van der Waals surface area contributed by atoms with Crippen molar-refractivity contribution in [1.82, 2.24) is 4.57 Å². The number of hydrogen-bond donors (Lipinski definition) is 0. The molecule has 0 fully saturated rings. The molecule has 9 nitrogen and oxygen atoms in total. The summed E-state index contributed by atoms with van der Waals surface area (Å²) in [6.07, 6.45) is 3.11. The molecule has 3 aromatic rings. The quantitative estimate of drug-likeness (QED) is 0.342. The third kappa shape index (κ3) is 3.73. The predicted molar refractivity (Wildman–Crippen MR) is 112 cm³/mol. The number of nitro benzene ring substituents is 1. The van der Waals surface area contributed by atoms with Gasteiger partial charge in [-0.25, -0.2) is 9.79 Å². The molecule has 10 heteroatoms. The number of thiazole rings is 1. The van der Waals surface area contributed by atoms with Crippen LogP contribution < -0.4 is 14.9 Å². The first-order valence-electron chi connectivity index (χ1n) is 9.38. The van der Waals surface area contributed by atoms with Crippen molar-refractivity contribution in [3.05, 3.63) is 95.1 Å². The summed E-state index contributed by atoms with van der Waals surface area (Å²) in [7, 11) is 0. The average molecular weight is 439 g/mol. The molecule has 0 radical (unpaired) electrons. The number of allylic oxidation sites excluding steroid dienone is 1. The van der Waals surface area contributed by atoms with E-state index in [9.17, 15) is 19.7 Å². The molecule has 1 aliphatic heterocycles. The molecule has 1 aliphatic rings. The number of non-ortho nitro benzene ring substituents is 1. The van der Waals surface area contributed by atoms with Crippen LogP contribution in [-0.2, 0) is 9.53 Å². The van der Waals surface area contributed by atoms with Gasteiger partial charge in [0.2, 0.25) is 0 Å². The molecule has 158 valence electrons. The lowest BCUT2D eigenvalue weighted by molar-refractivity contribution is -0.384. The third-order valence-corrected chi connectivity index (χ3v) is 5.71. The summed E-state index contributed by atoms with van der Waals surface area (Å²) in [5.74, 6) is -0.143. The SMILES string of the molecule is CCOC(=O)C1=C(C)N=c2s/c(=C\c3ccc([N+](=O)[O-])cc3)c(=O)n2C1c1ccco1. The summed E-state index contributed by atoms with van der Waals surface area (Å²) >= 11 is 1.17. The van der Waals surface area contributed by atoms with Crippen molar-refractivity contribution in [2.75, 3.05) is 6.61 Å². The molecular weight excluding hydrogens is 422 g/mol. The number of carbonyl (C=O) groups is 1. The van der Waals surface area contributed by atoms with E-state index in [1.54, 1.807) is 44.2 Å². The lowest BCUT2D eigenvalue weighted by atomic mass is 10.0. The summed E-state index contributed by atoms with van der Waals surface area (Å²) < 4.78 is 12.5. The Hall–Kier alpha value is -3.79. The smallest absolute Gasteiger partial charge is 0.338 e. The van der Waals surface area contributed by atoms with E-state index in [0.717, 1.165) is 0 Å². The largest absolute Gasteiger partial charge is 0.467 e.